The zero-order valence-corrected chi connectivity index (χ0v) is 13.8. The van der Waals surface area contributed by atoms with Crippen molar-refractivity contribution in [2.75, 3.05) is 13.1 Å². The summed E-state index contributed by atoms with van der Waals surface area (Å²) in [4.78, 5) is 24.2. The van der Waals surface area contributed by atoms with Gasteiger partial charge in [-0.2, -0.15) is 0 Å². The third-order valence-electron chi connectivity index (χ3n) is 3.42. The van der Waals surface area contributed by atoms with Crippen LogP contribution in [-0.2, 0) is 16.0 Å². The lowest BCUT2D eigenvalue weighted by atomic mass is 10.0. The number of hydrogen-bond acceptors (Lipinski definition) is 4. The summed E-state index contributed by atoms with van der Waals surface area (Å²) in [5.74, 6) is 0.216. The molecule has 0 saturated carbocycles. The van der Waals surface area contributed by atoms with E-state index >= 15 is 0 Å². The van der Waals surface area contributed by atoms with Gasteiger partial charge in [0.25, 0.3) is 0 Å². The molecule has 6 heteroatoms. The van der Waals surface area contributed by atoms with Gasteiger partial charge in [-0.3, -0.25) is 9.59 Å². The molecule has 1 atom stereocenters. The zero-order valence-electron chi connectivity index (χ0n) is 13.8. The fraction of sp³-hybridized carbons (Fsp3) is 0.529. The number of hydrogen-bond donors (Lipinski definition) is 4. The highest BCUT2D eigenvalue weighted by Crippen LogP contribution is 2.12. The molecule has 0 fully saturated rings. The van der Waals surface area contributed by atoms with Crippen molar-refractivity contribution in [3.8, 4) is 5.75 Å². The molecule has 0 aromatic heterocycles. The molecule has 5 N–H and O–H groups in total. The Morgan fingerprint density at radius 1 is 1.22 bits per heavy atom. The van der Waals surface area contributed by atoms with Gasteiger partial charge in [0.2, 0.25) is 11.8 Å². The van der Waals surface area contributed by atoms with Gasteiger partial charge in [-0.1, -0.05) is 26.0 Å². The molecule has 2 amide bonds. The molecule has 0 heterocycles. The Morgan fingerprint density at radius 3 is 2.43 bits per heavy atom. The molecular formula is C17H27N3O3. The van der Waals surface area contributed by atoms with E-state index in [9.17, 15) is 14.7 Å². The number of carbonyl (C=O) groups excluding carboxylic acids is 2. The number of phenolic OH excluding ortho intramolecular Hbond substituents is 1. The smallest absolute Gasteiger partial charge is 0.242 e. The minimum atomic E-state index is -0.647. The molecule has 0 aliphatic heterocycles. The first kappa shape index (κ1) is 19.0. The monoisotopic (exact) mass is 321 g/mol. The predicted octanol–water partition coefficient (Wildman–Crippen LogP) is 0.931. The van der Waals surface area contributed by atoms with Crippen molar-refractivity contribution in [1.29, 1.82) is 0 Å². The van der Waals surface area contributed by atoms with Crippen molar-refractivity contribution in [3.05, 3.63) is 29.8 Å². The van der Waals surface area contributed by atoms with E-state index in [-0.39, 0.29) is 17.6 Å². The molecule has 0 aliphatic carbocycles. The number of benzene rings is 1. The fourth-order valence-corrected chi connectivity index (χ4v) is 2.08. The van der Waals surface area contributed by atoms with E-state index in [1.54, 1.807) is 24.3 Å². The topological polar surface area (TPSA) is 104 Å². The highest BCUT2D eigenvalue weighted by atomic mass is 16.3. The maximum atomic E-state index is 12.2. The van der Waals surface area contributed by atoms with Crippen LogP contribution in [0.25, 0.3) is 0 Å². The minimum absolute atomic E-state index is 0.134. The minimum Gasteiger partial charge on any atom is -0.508 e. The molecule has 6 nitrogen and oxygen atoms in total. The fourth-order valence-electron chi connectivity index (χ4n) is 2.08. The summed E-state index contributed by atoms with van der Waals surface area (Å²) >= 11 is 0. The highest BCUT2D eigenvalue weighted by Gasteiger charge is 2.20. The van der Waals surface area contributed by atoms with Gasteiger partial charge in [0.1, 0.15) is 11.8 Å². The normalized spacial score (nSPS) is 12.0. The van der Waals surface area contributed by atoms with Gasteiger partial charge >= 0.3 is 0 Å². The number of phenols is 1. The Kier molecular flexibility index (Phi) is 8.11. The molecule has 0 spiro atoms. The molecule has 128 valence electrons. The Balaban J connectivity index is 2.69. The van der Waals surface area contributed by atoms with Crippen molar-refractivity contribution < 1.29 is 14.7 Å². The zero-order chi connectivity index (χ0) is 17.2. The SMILES string of the molecule is CC(C)CCC(=O)N[C@@H](Cc1ccc(O)cc1)C(=O)NCCN. The van der Waals surface area contributed by atoms with Crippen LogP contribution in [0.2, 0.25) is 0 Å². The van der Waals surface area contributed by atoms with Crippen LogP contribution in [0.15, 0.2) is 24.3 Å². The van der Waals surface area contributed by atoms with Gasteiger partial charge in [-0.25, -0.2) is 0 Å². The van der Waals surface area contributed by atoms with E-state index in [1.807, 2.05) is 0 Å². The molecule has 0 bridgehead atoms. The lowest BCUT2D eigenvalue weighted by Gasteiger charge is -2.19. The summed E-state index contributed by atoms with van der Waals surface area (Å²) in [6.07, 6.45) is 1.54. The molecule has 1 rings (SSSR count). The van der Waals surface area contributed by atoms with Crippen molar-refractivity contribution in [2.24, 2.45) is 11.7 Å². The Bertz CT molecular complexity index is 500. The van der Waals surface area contributed by atoms with Crippen molar-refractivity contribution in [2.45, 2.75) is 39.2 Å². The van der Waals surface area contributed by atoms with Crippen LogP contribution in [0.3, 0.4) is 0 Å². The number of nitrogens with two attached hydrogens (primary N) is 1. The molecular weight excluding hydrogens is 294 g/mol. The van der Waals surface area contributed by atoms with Gasteiger partial charge in [0, 0.05) is 25.9 Å². The van der Waals surface area contributed by atoms with E-state index in [0.29, 0.717) is 31.8 Å². The molecule has 0 saturated heterocycles. The number of rotatable bonds is 9. The number of nitrogens with one attached hydrogen (secondary N) is 2. The summed E-state index contributed by atoms with van der Waals surface area (Å²) in [5, 5.41) is 14.8. The molecule has 0 aliphatic rings. The summed E-state index contributed by atoms with van der Waals surface area (Å²) < 4.78 is 0. The molecule has 1 aromatic rings. The second-order valence-corrected chi connectivity index (χ2v) is 6.00. The van der Waals surface area contributed by atoms with Crippen LogP contribution in [0.4, 0.5) is 0 Å². The standard InChI is InChI=1S/C17H27N3O3/c1-12(2)3-8-16(22)20-15(17(23)19-10-9-18)11-13-4-6-14(21)7-5-13/h4-7,12,15,21H,3,8-11,18H2,1-2H3,(H,19,23)(H,20,22)/t15-/m0/s1. The van der Waals surface area contributed by atoms with Crippen molar-refractivity contribution >= 4 is 11.8 Å². The van der Waals surface area contributed by atoms with Crippen LogP contribution in [-0.4, -0.2) is 36.1 Å². The van der Waals surface area contributed by atoms with Crippen LogP contribution in [0.1, 0.15) is 32.3 Å². The predicted molar refractivity (Wildman–Crippen MR) is 89.9 cm³/mol. The highest BCUT2D eigenvalue weighted by molar-refractivity contribution is 5.87. The molecule has 0 radical (unpaired) electrons. The molecule has 0 unspecified atom stereocenters. The number of carbonyl (C=O) groups is 2. The Morgan fingerprint density at radius 2 is 1.87 bits per heavy atom. The average Bonchev–Trinajstić information content (AvgIpc) is 2.52. The Labute approximate surface area is 137 Å². The first-order valence-electron chi connectivity index (χ1n) is 7.97. The third-order valence-corrected chi connectivity index (χ3v) is 3.42. The van der Waals surface area contributed by atoms with Crippen LogP contribution in [0, 0.1) is 5.92 Å². The largest absolute Gasteiger partial charge is 0.508 e. The van der Waals surface area contributed by atoms with Crippen LogP contribution < -0.4 is 16.4 Å². The summed E-state index contributed by atoms with van der Waals surface area (Å²) in [6.45, 7) is 4.82. The lowest BCUT2D eigenvalue weighted by Crippen LogP contribution is -2.49. The van der Waals surface area contributed by atoms with E-state index < -0.39 is 6.04 Å². The third kappa shape index (κ3) is 7.65. The quantitative estimate of drug-likeness (QED) is 0.543. The van der Waals surface area contributed by atoms with E-state index in [0.717, 1.165) is 12.0 Å². The van der Waals surface area contributed by atoms with Gasteiger partial charge in [0.05, 0.1) is 0 Å². The molecule has 23 heavy (non-hydrogen) atoms. The van der Waals surface area contributed by atoms with E-state index in [2.05, 4.69) is 24.5 Å². The second-order valence-electron chi connectivity index (χ2n) is 6.00. The van der Waals surface area contributed by atoms with Gasteiger partial charge in [-0.05, 0) is 30.0 Å². The van der Waals surface area contributed by atoms with Crippen LogP contribution in [0.5, 0.6) is 5.75 Å². The first-order chi connectivity index (χ1) is 10.9. The summed E-state index contributed by atoms with van der Waals surface area (Å²) in [5.41, 5.74) is 6.26. The van der Waals surface area contributed by atoms with E-state index in [4.69, 9.17) is 5.73 Å². The van der Waals surface area contributed by atoms with E-state index in [1.165, 1.54) is 0 Å². The van der Waals surface area contributed by atoms with Crippen LogP contribution >= 0.6 is 0 Å². The maximum absolute atomic E-state index is 12.2. The Hall–Kier alpha value is -2.08. The average molecular weight is 321 g/mol. The summed E-state index contributed by atoms with van der Waals surface area (Å²) in [7, 11) is 0. The second kappa shape index (κ2) is 9.84. The van der Waals surface area contributed by atoms with Gasteiger partial charge < -0.3 is 21.5 Å². The first-order valence-corrected chi connectivity index (χ1v) is 7.97. The lowest BCUT2D eigenvalue weighted by molar-refractivity contribution is -0.129. The van der Waals surface area contributed by atoms with Gasteiger partial charge in [0.15, 0.2) is 0 Å². The van der Waals surface area contributed by atoms with Gasteiger partial charge in [-0.15, -0.1) is 0 Å². The van der Waals surface area contributed by atoms with Crippen molar-refractivity contribution in [1.82, 2.24) is 10.6 Å². The van der Waals surface area contributed by atoms with Crippen molar-refractivity contribution in [3.63, 3.8) is 0 Å². The summed E-state index contributed by atoms with van der Waals surface area (Å²) in [6, 6.07) is 5.94. The number of aromatic hydroxyl groups is 1. The molecule has 1 aromatic carbocycles. The maximum Gasteiger partial charge on any atom is 0.242 e. The number of amides is 2.